The third-order valence-electron chi connectivity index (χ3n) is 2.97. The summed E-state index contributed by atoms with van der Waals surface area (Å²) in [7, 11) is 0. The summed E-state index contributed by atoms with van der Waals surface area (Å²) in [5.74, 6) is 2.63. The minimum atomic E-state index is 0.0819. The quantitative estimate of drug-likeness (QED) is 0.923. The highest BCUT2D eigenvalue weighted by molar-refractivity contribution is 8.00. The number of pyridine rings is 1. The SMILES string of the molecule is CC(C)Oc1nc(N2CCSC(C)(C)C2)ccc1N. The third-order valence-corrected chi connectivity index (χ3v) is 4.27. The summed E-state index contributed by atoms with van der Waals surface area (Å²) in [5.41, 5.74) is 6.51. The Bertz CT molecular complexity index is 448. The second-order valence-electron chi connectivity index (χ2n) is 5.76. The molecule has 0 unspecified atom stereocenters. The number of hydrogen-bond donors (Lipinski definition) is 1. The molecule has 0 saturated carbocycles. The van der Waals surface area contributed by atoms with Crippen LogP contribution in [-0.4, -0.2) is 34.7 Å². The van der Waals surface area contributed by atoms with Crippen LogP contribution in [0.5, 0.6) is 5.88 Å². The van der Waals surface area contributed by atoms with Gasteiger partial charge in [0.15, 0.2) is 0 Å². The zero-order chi connectivity index (χ0) is 14.0. The predicted octanol–water partition coefficient (Wildman–Crippen LogP) is 2.78. The van der Waals surface area contributed by atoms with E-state index in [1.807, 2.05) is 37.7 Å². The lowest BCUT2D eigenvalue weighted by Gasteiger charge is -2.38. The smallest absolute Gasteiger partial charge is 0.239 e. The average Bonchev–Trinajstić information content (AvgIpc) is 2.30. The summed E-state index contributed by atoms with van der Waals surface area (Å²) in [6, 6.07) is 3.86. The van der Waals surface area contributed by atoms with Gasteiger partial charge in [0.1, 0.15) is 5.82 Å². The zero-order valence-electron chi connectivity index (χ0n) is 12.1. The molecular formula is C14H23N3OS. The van der Waals surface area contributed by atoms with Gasteiger partial charge in [-0.1, -0.05) is 0 Å². The van der Waals surface area contributed by atoms with Gasteiger partial charge in [-0.15, -0.1) is 0 Å². The Balaban J connectivity index is 2.20. The van der Waals surface area contributed by atoms with Crippen LogP contribution in [0.3, 0.4) is 0 Å². The van der Waals surface area contributed by atoms with Crippen molar-refractivity contribution in [3.05, 3.63) is 12.1 Å². The highest BCUT2D eigenvalue weighted by Crippen LogP contribution is 2.33. The van der Waals surface area contributed by atoms with Gasteiger partial charge in [0.25, 0.3) is 0 Å². The molecule has 1 aromatic heterocycles. The molecule has 0 spiro atoms. The molecule has 0 radical (unpaired) electrons. The highest BCUT2D eigenvalue weighted by atomic mass is 32.2. The molecule has 0 bridgehead atoms. The van der Waals surface area contributed by atoms with Gasteiger partial charge in [-0.05, 0) is 39.8 Å². The molecule has 2 N–H and O–H groups in total. The van der Waals surface area contributed by atoms with Gasteiger partial charge in [0, 0.05) is 23.6 Å². The van der Waals surface area contributed by atoms with Crippen molar-refractivity contribution in [2.45, 2.75) is 38.5 Å². The molecule has 0 amide bonds. The van der Waals surface area contributed by atoms with Gasteiger partial charge in [0.2, 0.25) is 5.88 Å². The fraction of sp³-hybridized carbons (Fsp3) is 0.643. The fourth-order valence-electron chi connectivity index (χ4n) is 2.15. The Morgan fingerprint density at radius 3 is 2.79 bits per heavy atom. The van der Waals surface area contributed by atoms with E-state index >= 15 is 0 Å². The van der Waals surface area contributed by atoms with E-state index in [-0.39, 0.29) is 10.9 Å². The van der Waals surface area contributed by atoms with Crippen LogP contribution >= 0.6 is 11.8 Å². The minimum absolute atomic E-state index is 0.0819. The molecule has 0 aliphatic carbocycles. The number of hydrogen-bond acceptors (Lipinski definition) is 5. The first-order chi connectivity index (χ1) is 8.87. The number of aromatic nitrogens is 1. The van der Waals surface area contributed by atoms with Gasteiger partial charge in [0.05, 0.1) is 11.8 Å². The molecule has 1 aromatic rings. The average molecular weight is 281 g/mol. The summed E-state index contributed by atoms with van der Waals surface area (Å²) in [6.07, 6.45) is 0.0819. The summed E-state index contributed by atoms with van der Waals surface area (Å²) in [4.78, 5) is 6.88. The van der Waals surface area contributed by atoms with E-state index in [2.05, 4.69) is 23.7 Å². The lowest BCUT2D eigenvalue weighted by Crippen LogP contribution is -2.43. The van der Waals surface area contributed by atoms with Crippen LogP contribution in [-0.2, 0) is 0 Å². The van der Waals surface area contributed by atoms with Gasteiger partial charge in [-0.2, -0.15) is 16.7 Å². The van der Waals surface area contributed by atoms with Gasteiger partial charge in [-0.3, -0.25) is 0 Å². The molecule has 19 heavy (non-hydrogen) atoms. The molecule has 5 heteroatoms. The first-order valence-corrected chi connectivity index (χ1v) is 7.68. The van der Waals surface area contributed by atoms with Crippen LogP contribution in [0.1, 0.15) is 27.7 Å². The van der Waals surface area contributed by atoms with Crippen LogP contribution in [0.25, 0.3) is 0 Å². The first kappa shape index (κ1) is 14.3. The van der Waals surface area contributed by atoms with Crippen molar-refractivity contribution in [2.24, 2.45) is 0 Å². The first-order valence-electron chi connectivity index (χ1n) is 6.69. The maximum atomic E-state index is 5.91. The fourth-order valence-corrected chi connectivity index (χ4v) is 3.26. The number of rotatable bonds is 3. The van der Waals surface area contributed by atoms with E-state index < -0.39 is 0 Å². The summed E-state index contributed by atoms with van der Waals surface area (Å²) in [6.45, 7) is 10.5. The molecule has 1 aliphatic rings. The van der Waals surface area contributed by atoms with E-state index in [9.17, 15) is 0 Å². The van der Waals surface area contributed by atoms with E-state index in [1.54, 1.807) is 0 Å². The highest BCUT2D eigenvalue weighted by Gasteiger charge is 2.28. The zero-order valence-corrected chi connectivity index (χ0v) is 13.0. The van der Waals surface area contributed by atoms with Crippen molar-refractivity contribution in [1.82, 2.24) is 4.98 Å². The largest absolute Gasteiger partial charge is 0.473 e. The molecule has 0 aromatic carbocycles. The minimum Gasteiger partial charge on any atom is -0.473 e. The third kappa shape index (κ3) is 3.69. The summed E-state index contributed by atoms with van der Waals surface area (Å²) in [5, 5.41) is 0. The van der Waals surface area contributed by atoms with Crippen molar-refractivity contribution in [2.75, 3.05) is 29.5 Å². The number of nitrogens with zero attached hydrogens (tertiary/aromatic N) is 2. The molecule has 1 aliphatic heterocycles. The monoisotopic (exact) mass is 281 g/mol. The lowest BCUT2D eigenvalue weighted by molar-refractivity contribution is 0.234. The Morgan fingerprint density at radius 1 is 1.42 bits per heavy atom. The molecule has 0 atom stereocenters. The maximum Gasteiger partial charge on any atom is 0.239 e. The molecular weight excluding hydrogens is 258 g/mol. The Hall–Kier alpha value is -1.10. The predicted molar refractivity (Wildman–Crippen MR) is 83.2 cm³/mol. The second-order valence-corrected chi connectivity index (χ2v) is 7.56. The summed E-state index contributed by atoms with van der Waals surface area (Å²) >= 11 is 2.01. The Labute approximate surface area is 119 Å². The van der Waals surface area contributed by atoms with Gasteiger partial charge >= 0.3 is 0 Å². The van der Waals surface area contributed by atoms with Crippen molar-refractivity contribution in [1.29, 1.82) is 0 Å². The molecule has 4 nitrogen and oxygen atoms in total. The molecule has 1 saturated heterocycles. The van der Waals surface area contributed by atoms with Crippen molar-refractivity contribution >= 4 is 23.3 Å². The number of thioether (sulfide) groups is 1. The Morgan fingerprint density at radius 2 is 2.16 bits per heavy atom. The van der Waals surface area contributed by atoms with Crippen molar-refractivity contribution in [3.63, 3.8) is 0 Å². The van der Waals surface area contributed by atoms with Crippen molar-refractivity contribution < 1.29 is 4.74 Å². The van der Waals surface area contributed by atoms with E-state index in [0.717, 1.165) is 24.7 Å². The van der Waals surface area contributed by atoms with Gasteiger partial charge < -0.3 is 15.4 Å². The van der Waals surface area contributed by atoms with E-state index in [1.165, 1.54) is 0 Å². The number of nitrogen functional groups attached to an aromatic ring is 1. The molecule has 2 rings (SSSR count). The lowest BCUT2D eigenvalue weighted by atomic mass is 10.2. The number of nitrogens with two attached hydrogens (primary N) is 1. The number of ether oxygens (including phenoxy) is 1. The summed E-state index contributed by atoms with van der Waals surface area (Å²) < 4.78 is 5.92. The standard InChI is InChI=1S/C14H23N3OS/c1-10(2)18-13-11(15)5-6-12(16-13)17-7-8-19-14(3,4)9-17/h5-6,10H,7-9,15H2,1-4H3. The normalized spacial score (nSPS) is 18.7. The Kier molecular flexibility index (Phi) is 4.13. The van der Waals surface area contributed by atoms with Crippen LogP contribution < -0.4 is 15.4 Å². The molecule has 106 valence electrons. The van der Waals surface area contributed by atoms with Gasteiger partial charge in [-0.25, -0.2) is 0 Å². The topological polar surface area (TPSA) is 51.4 Å². The number of anilines is 2. The van der Waals surface area contributed by atoms with E-state index in [0.29, 0.717) is 11.6 Å². The van der Waals surface area contributed by atoms with E-state index in [4.69, 9.17) is 10.5 Å². The van der Waals surface area contributed by atoms with Crippen LogP contribution in [0.2, 0.25) is 0 Å². The molecule has 1 fully saturated rings. The molecule has 2 heterocycles. The van der Waals surface area contributed by atoms with Crippen LogP contribution in [0.15, 0.2) is 12.1 Å². The van der Waals surface area contributed by atoms with Crippen LogP contribution in [0.4, 0.5) is 11.5 Å². The van der Waals surface area contributed by atoms with Crippen molar-refractivity contribution in [3.8, 4) is 5.88 Å². The second kappa shape index (κ2) is 5.49. The van der Waals surface area contributed by atoms with Crippen LogP contribution in [0, 0.1) is 0 Å². The maximum absolute atomic E-state index is 5.91.